The molecule has 4 nitrogen and oxygen atoms in total. The number of para-hydroxylation sites is 2. The minimum atomic E-state index is 0.635. The van der Waals surface area contributed by atoms with Gasteiger partial charge >= 0.3 is 0 Å². The SMILES string of the molecule is c1ccc(-c2nc(-c3ccccc3)nc(-c3ccc(-c4c(-c5cccc6c5c5ccccc5n6-c5ccccc5)c5ccccc5c5ccccc45)cc3)n2)cc1. The fourth-order valence-electron chi connectivity index (χ4n) is 8.53. The van der Waals surface area contributed by atoms with E-state index in [0.717, 1.165) is 27.9 Å². The zero-order valence-corrected chi connectivity index (χ0v) is 30.9. The van der Waals surface area contributed by atoms with Crippen molar-refractivity contribution in [3.8, 4) is 62.1 Å². The first-order chi connectivity index (χ1) is 28.3. The Morgan fingerprint density at radius 1 is 0.281 bits per heavy atom. The molecule has 0 N–H and O–H groups in total. The van der Waals surface area contributed by atoms with Crippen molar-refractivity contribution in [2.45, 2.75) is 0 Å². The van der Waals surface area contributed by atoms with Gasteiger partial charge in [-0.2, -0.15) is 0 Å². The Hall–Kier alpha value is -7.69. The molecule has 0 spiro atoms. The average molecular weight is 727 g/mol. The lowest BCUT2D eigenvalue weighted by Crippen LogP contribution is -2.00. The molecule has 2 aromatic heterocycles. The Bertz CT molecular complexity index is 3200. The van der Waals surface area contributed by atoms with E-state index in [2.05, 4.69) is 150 Å². The summed E-state index contributed by atoms with van der Waals surface area (Å²) in [5.74, 6) is 1.93. The van der Waals surface area contributed by atoms with Crippen LogP contribution >= 0.6 is 0 Å². The van der Waals surface area contributed by atoms with Crippen molar-refractivity contribution in [3.05, 3.63) is 206 Å². The topological polar surface area (TPSA) is 43.6 Å². The van der Waals surface area contributed by atoms with Crippen molar-refractivity contribution in [2.75, 3.05) is 0 Å². The number of aromatic nitrogens is 4. The molecule has 0 aliphatic heterocycles. The van der Waals surface area contributed by atoms with Crippen molar-refractivity contribution in [3.63, 3.8) is 0 Å². The fraction of sp³-hybridized carbons (Fsp3) is 0. The lowest BCUT2D eigenvalue weighted by atomic mass is 9.83. The highest BCUT2D eigenvalue weighted by molar-refractivity contribution is 6.26. The molecule has 0 amide bonds. The second kappa shape index (κ2) is 13.6. The highest BCUT2D eigenvalue weighted by atomic mass is 15.0. The van der Waals surface area contributed by atoms with Gasteiger partial charge in [0.1, 0.15) is 0 Å². The standard InChI is InChI=1S/C53H34N4/c1-4-17-36(18-5-1)51-54-52(37-19-6-2-7-20-37)56-53(55-51)38-33-31-35(32-34-38)48-42-25-12-10-23-40(42)41-24-11-13-26-43(41)50(48)45-28-16-30-47-49(45)44-27-14-15-29-46(44)57(47)39-21-8-3-9-22-39/h1-34H. The second-order valence-corrected chi connectivity index (χ2v) is 14.3. The van der Waals surface area contributed by atoms with E-state index < -0.39 is 0 Å². The highest BCUT2D eigenvalue weighted by Gasteiger charge is 2.22. The lowest BCUT2D eigenvalue weighted by Gasteiger charge is -2.19. The predicted molar refractivity (Wildman–Crippen MR) is 236 cm³/mol. The Morgan fingerprint density at radius 2 is 0.702 bits per heavy atom. The van der Waals surface area contributed by atoms with Crippen LogP contribution in [0.2, 0.25) is 0 Å². The summed E-state index contributed by atoms with van der Waals surface area (Å²) in [7, 11) is 0. The first-order valence-corrected chi connectivity index (χ1v) is 19.3. The van der Waals surface area contributed by atoms with E-state index in [0.29, 0.717) is 17.5 Å². The van der Waals surface area contributed by atoms with Gasteiger partial charge in [0.2, 0.25) is 0 Å². The van der Waals surface area contributed by atoms with Crippen molar-refractivity contribution in [2.24, 2.45) is 0 Å². The zero-order chi connectivity index (χ0) is 37.7. The first kappa shape index (κ1) is 32.7. The molecule has 0 unspecified atom stereocenters. The van der Waals surface area contributed by atoms with Crippen LogP contribution in [0.25, 0.3) is 105 Å². The Balaban J connectivity index is 1.16. The molecule has 0 saturated carbocycles. The molecule has 9 aromatic carbocycles. The van der Waals surface area contributed by atoms with Gasteiger partial charge in [0.15, 0.2) is 17.5 Å². The van der Waals surface area contributed by atoms with Crippen molar-refractivity contribution >= 4 is 43.4 Å². The quantitative estimate of drug-likeness (QED) is 0.160. The number of nitrogens with zero attached hydrogens (tertiary/aromatic N) is 4. The molecule has 2 heterocycles. The summed E-state index contributed by atoms with van der Waals surface area (Å²) >= 11 is 0. The second-order valence-electron chi connectivity index (χ2n) is 14.3. The molecule has 0 atom stereocenters. The Labute approximate surface area is 330 Å². The minimum absolute atomic E-state index is 0.635. The number of rotatable bonds is 6. The predicted octanol–water partition coefficient (Wildman–Crippen LogP) is 13.6. The molecule has 0 bridgehead atoms. The highest BCUT2D eigenvalue weighted by Crippen LogP contribution is 2.48. The molecule has 0 aliphatic carbocycles. The Morgan fingerprint density at radius 3 is 1.28 bits per heavy atom. The number of fused-ring (bicyclic) bond motifs is 6. The maximum Gasteiger partial charge on any atom is 0.164 e. The molecule has 0 radical (unpaired) electrons. The normalized spacial score (nSPS) is 11.5. The van der Waals surface area contributed by atoms with Gasteiger partial charge in [0, 0.05) is 33.2 Å². The van der Waals surface area contributed by atoms with Gasteiger partial charge in [-0.05, 0) is 68.1 Å². The summed E-state index contributed by atoms with van der Waals surface area (Å²) < 4.78 is 2.40. The third-order valence-corrected chi connectivity index (χ3v) is 11.0. The number of hydrogen-bond acceptors (Lipinski definition) is 3. The van der Waals surface area contributed by atoms with Crippen LogP contribution in [0.1, 0.15) is 0 Å². The third kappa shape index (κ3) is 5.50. The molecule has 11 aromatic rings. The van der Waals surface area contributed by atoms with Crippen LogP contribution in [0.15, 0.2) is 206 Å². The fourth-order valence-corrected chi connectivity index (χ4v) is 8.53. The van der Waals surface area contributed by atoms with Gasteiger partial charge in [-0.15, -0.1) is 0 Å². The van der Waals surface area contributed by atoms with Gasteiger partial charge < -0.3 is 4.57 Å². The molecule has 0 saturated heterocycles. The van der Waals surface area contributed by atoms with E-state index in [-0.39, 0.29) is 0 Å². The molecule has 266 valence electrons. The van der Waals surface area contributed by atoms with E-state index in [4.69, 9.17) is 15.0 Å². The summed E-state index contributed by atoms with van der Waals surface area (Å²) in [6, 6.07) is 72.9. The molecule has 4 heteroatoms. The van der Waals surface area contributed by atoms with Crippen molar-refractivity contribution in [1.82, 2.24) is 19.5 Å². The van der Waals surface area contributed by atoms with Gasteiger partial charge in [-0.1, -0.05) is 182 Å². The van der Waals surface area contributed by atoms with Crippen LogP contribution in [0.3, 0.4) is 0 Å². The van der Waals surface area contributed by atoms with Gasteiger partial charge in [0.25, 0.3) is 0 Å². The minimum Gasteiger partial charge on any atom is -0.309 e. The van der Waals surface area contributed by atoms with Crippen LogP contribution in [-0.4, -0.2) is 19.5 Å². The summed E-state index contributed by atoms with van der Waals surface area (Å²) in [6.07, 6.45) is 0. The van der Waals surface area contributed by atoms with E-state index >= 15 is 0 Å². The number of benzene rings is 9. The van der Waals surface area contributed by atoms with E-state index in [1.807, 2.05) is 60.7 Å². The molecule has 0 aliphatic rings. The van der Waals surface area contributed by atoms with E-state index in [1.54, 1.807) is 0 Å². The van der Waals surface area contributed by atoms with Gasteiger partial charge in [-0.3, -0.25) is 0 Å². The van der Waals surface area contributed by atoms with Crippen LogP contribution in [0.4, 0.5) is 0 Å². The maximum absolute atomic E-state index is 5.02. The largest absolute Gasteiger partial charge is 0.309 e. The molecular weight excluding hydrogens is 693 g/mol. The summed E-state index contributed by atoms with van der Waals surface area (Å²) in [5.41, 5.74) is 11.1. The summed E-state index contributed by atoms with van der Waals surface area (Å²) in [6.45, 7) is 0. The first-order valence-electron chi connectivity index (χ1n) is 19.3. The molecule has 57 heavy (non-hydrogen) atoms. The Kier molecular flexibility index (Phi) is 7.78. The van der Waals surface area contributed by atoms with Crippen LogP contribution in [0.5, 0.6) is 0 Å². The van der Waals surface area contributed by atoms with Crippen molar-refractivity contribution < 1.29 is 0 Å². The maximum atomic E-state index is 5.02. The third-order valence-electron chi connectivity index (χ3n) is 11.0. The smallest absolute Gasteiger partial charge is 0.164 e. The molecule has 11 rings (SSSR count). The van der Waals surface area contributed by atoms with Crippen LogP contribution in [-0.2, 0) is 0 Å². The lowest BCUT2D eigenvalue weighted by molar-refractivity contribution is 1.07. The van der Waals surface area contributed by atoms with Crippen LogP contribution in [0, 0.1) is 0 Å². The molecular formula is C53H34N4. The summed E-state index contributed by atoms with van der Waals surface area (Å²) in [4.78, 5) is 15.0. The zero-order valence-electron chi connectivity index (χ0n) is 30.9. The average Bonchev–Trinajstić information content (AvgIpc) is 3.64. The van der Waals surface area contributed by atoms with E-state index in [1.165, 1.54) is 60.0 Å². The number of hydrogen-bond donors (Lipinski definition) is 0. The van der Waals surface area contributed by atoms with Gasteiger partial charge in [-0.25, -0.2) is 15.0 Å². The monoisotopic (exact) mass is 726 g/mol. The van der Waals surface area contributed by atoms with E-state index in [9.17, 15) is 0 Å². The van der Waals surface area contributed by atoms with Crippen LogP contribution < -0.4 is 0 Å². The van der Waals surface area contributed by atoms with Crippen molar-refractivity contribution in [1.29, 1.82) is 0 Å². The van der Waals surface area contributed by atoms with Gasteiger partial charge in [0.05, 0.1) is 11.0 Å². The summed E-state index contributed by atoms with van der Waals surface area (Å²) in [5, 5.41) is 7.36. The molecule has 0 fully saturated rings.